The maximum Gasteiger partial charge on any atom is 0.261 e. The number of benzene rings is 2. The van der Waals surface area contributed by atoms with E-state index in [9.17, 15) is 13.2 Å². The number of nitrogens with one attached hydrogen (secondary N) is 1. The van der Waals surface area contributed by atoms with E-state index in [0.29, 0.717) is 29.4 Å². The molecule has 0 radical (unpaired) electrons. The average molecular weight is 453 g/mol. The number of nitrogens with zero attached hydrogens (tertiary/aromatic N) is 1. The monoisotopic (exact) mass is 452 g/mol. The molecule has 1 heterocycles. The number of likely N-dealkylation sites (tertiary alicyclic amines) is 1. The molecule has 1 amide bonds. The number of hydrogen-bond acceptors (Lipinski definition) is 4. The average Bonchev–Trinajstić information content (AvgIpc) is 2.99. The molecular formula is C21H25ClN2O3S2. The molecule has 1 saturated heterocycles. The predicted molar refractivity (Wildman–Crippen MR) is 120 cm³/mol. The molecule has 1 fully saturated rings. The van der Waals surface area contributed by atoms with Crippen molar-refractivity contribution in [3.05, 3.63) is 52.5 Å². The van der Waals surface area contributed by atoms with Gasteiger partial charge in [0.15, 0.2) is 0 Å². The predicted octanol–water partition coefficient (Wildman–Crippen LogP) is 5.19. The van der Waals surface area contributed by atoms with E-state index >= 15 is 0 Å². The molecule has 0 aliphatic carbocycles. The fourth-order valence-electron chi connectivity index (χ4n) is 3.37. The summed E-state index contributed by atoms with van der Waals surface area (Å²) in [6, 6.07) is 9.77. The Morgan fingerprint density at radius 2 is 1.76 bits per heavy atom. The van der Waals surface area contributed by atoms with Crippen molar-refractivity contribution in [2.45, 2.75) is 42.4 Å². The third kappa shape index (κ3) is 5.27. The number of rotatable bonds is 5. The molecule has 5 nitrogen and oxygen atoms in total. The molecule has 156 valence electrons. The minimum Gasteiger partial charge on any atom is -0.339 e. The number of aryl methyl sites for hydroxylation is 1. The van der Waals surface area contributed by atoms with Crippen molar-refractivity contribution in [3.63, 3.8) is 0 Å². The van der Waals surface area contributed by atoms with Gasteiger partial charge in [-0.2, -0.15) is 0 Å². The smallest absolute Gasteiger partial charge is 0.261 e. The second kappa shape index (κ2) is 9.41. The van der Waals surface area contributed by atoms with Gasteiger partial charge in [0.1, 0.15) is 0 Å². The molecule has 0 spiro atoms. The van der Waals surface area contributed by atoms with Crippen LogP contribution in [0.3, 0.4) is 0 Å². The Morgan fingerprint density at radius 1 is 1.07 bits per heavy atom. The molecule has 2 aromatic rings. The van der Waals surface area contributed by atoms with Crippen LogP contribution in [-0.4, -0.2) is 38.6 Å². The molecule has 1 aliphatic heterocycles. The van der Waals surface area contributed by atoms with E-state index in [0.717, 1.165) is 36.1 Å². The Labute approximate surface area is 181 Å². The Kier molecular flexibility index (Phi) is 7.14. The van der Waals surface area contributed by atoms with E-state index in [1.54, 1.807) is 31.2 Å². The molecule has 29 heavy (non-hydrogen) atoms. The summed E-state index contributed by atoms with van der Waals surface area (Å²) in [6.07, 6.45) is 6.09. The van der Waals surface area contributed by atoms with Gasteiger partial charge in [-0.3, -0.25) is 9.52 Å². The molecule has 3 rings (SSSR count). The Balaban J connectivity index is 1.94. The number of hydrogen-bond donors (Lipinski definition) is 1. The molecule has 1 N–H and O–H groups in total. The fraction of sp³-hybridized carbons (Fsp3) is 0.381. The number of amides is 1. The zero-order valence-electron chi connectivity index (χ0n) is 16.6. The summed E-state index contributed by atoms with van der Waals surface area (Å²) < 4.78 is 28.6. The summed E-state index contributed by atoms with van der Waals surface area (Å²) in [5, 5.41) is 0.447. The third-order valence-corrected chi connectivity index (χ3v) is 7.44. The molecule has 0 unspecified atom stereocenters. The third-order valence-electron chi connectivity index (χ3n) is 5.05. The molecule has 0 atom stereocenters. The minimum absolute atomic E-state index is 0.0628. The summed E-state index contributed by atoms with van der Waals surface area (Å²) >= 11 is 7.45. The normalized spacial score (nSPS) is 15.1. The molecule has 8 heteroatoms. The first-order valence-electron chi connectivity index (χ1n) is 9.58. The Hall–Kier alpha value is -1.70. The molecule has 2 aromatic carbocycles. The van der Waals surface area contributed by atoms with Crippen LogP contribution in [0.2, 0.25) is 5.02 Å². The maximum atomic E-state index is 13.1. The van der Waals surface area contributed by atoms with Gasteiger partial charge in [-0.05, 0) is 61.9 Å². The summed E-state index contributed by atoms with van der Waals surface area (Å²) in [5.41, 5.74) is 1.62. The van der Waals surface area contributed by atoms with Gasteiger partial charge in [-0.1, -0.05) is 30.5 Å². The van der Waals surface area contributed by atoms with Gasteiger partial charge in [0, 0.05) is 23.0 Å². The van der Waals surface area contributed by atoms with Crippen LogP contribution in [0.25, 0.3) is 0 Å². The van der Waals surface area contributed by atoms with Crippen LogP contribution in [0.5, 0.6) is 0 Å². The van der Waals surface area contributed by atoms with E-state index in [1.165, 1.54) is 23.9 Å². The second-order valence-corrected chi connectivity index (χ2v) is 10.1. The lowest BCUT2D eigenvalue weighted by Crippen LogP contribution is -2.32. The van der Waals surface area contributed by atoms with Crippen molar-refractivity contribution >= 4 is 45.0 Å². The van der Waals surface area contributed by atoms with E-state index < -0.39 is 10.0 Å². The lowest BCUT2D eigenvalue weighted by atomic mass is 10.2. The van der Waals surface area contributed by atoms with Gasteiger partial charge in [0.05, 0.1) is 16.1 Å². The quantitative estimate of drug-likeness (QED) is 0.634. The first-order chi connectivity index (χ1) is 13.8. The van der Waals surface area contributed by atoms with Crippen LogP contribution in [0.15, 0.2) is 46.2 Å². The van der Waals surface area contributed by atoms with Crippen molar-refractivity contribution in [1.29, 1.82) is 0 Å². The zero-order valence-corrected chi connectivity index (χ0v) is 19.0. The van der Waals surface area contributed by atoms with Crippen LogP contribution in [0.4, 0.5) is 5.69 Å². The van der Waals surface area contributed by atoms with Crippen LogP contribution in [0, 0.1) is 6.92 Å². The van der Waals surface area contributed by atoms with Crippen LogP contribution in [-0.2, 0) is 10.0 Å². The van der Waals surface area contributed by atoms with Gasteiger partial charge in [0.25, 0.3) is 15.9 Å². The lowest BCUT2D eigenvalue weighted by molar-refractivity contribution is 0.0758. The SMILES string of the molecule is CSc1ccc(S(=O)(=O)Nc2cc(Cl)ccc2C)cc1C(=O)N1CCCCCC1. The van der Waals surface area contributed by atoms with E-state index in [1.807, 2.05) is 11.2 Å². The van der Waals surface area contributed by atoms with Gasteiger partial charge in [0.2, 0.25) is 0 Å². The highest BCUT2D eigenvalue weighted by Crippen LogP contribution is 2.28. The van der Waals surface area contributed by atoms with Crippen molar-refractivity contribution < 1.29 is 13.2 Å². The van der Waals surface area contributed by atoms with Gasteiger partial charge < -0.3 is 4.90 Å². The van der Waals surface area contributed by atoms with E-state index in [-0.39, 0.29) is 10.8 Å². The Bertz CT molecular complexity index is 1000. The summed E-state index contributed by atoms with van der Waals surface area (Å²) in [7, 11) is -3.86. The zero-order chi connectivity index (χ0) is 21.0. The van der Waals surface area contributed by atoms with Crippen molar-refractivity contribution in [3.8, 4) is 0 Å². The number of halogens is 1. The van der Waals surface area contributed by atoms with E-state index in [4.69, 9.17) is 11.6 Å². The molecule has 0 aromatic heterocycles. The molecule has 1 aliphatic rings. The van der Waals surface area contributed by atoms with Crippen molar-refractivity contribution in [2.24, 2.45) is 0 Å². The number of thioether (sulfide) groups is 1. The summed E-state index contributed by atoms with van der Waals surface area (Å²) in [6.45, 7) is 3.23. The van der Waals surface area contributed by atoms with Crippen LogP contribution < -0.4 is 4.72 Å². The summed E-state index contributed by atoms with van der Waals surface area (Å²) in [4.78, 5) is 15.8. The lowest BCUT2D eigenvalue weighted by Gasteiger charge is -2.22. The largest absolute Gasteiger partial charge is 0.339 e. The van der Waals surface area contributed by atoms with Gasteiger partial charge >= 0.3 is 0 Å². The highest BCUT2D eigenvalue weighted by Gasteiger charge is 2.23. The first-order valence-corrected chi connectivity index (χ1v) is 12.7. The first kappa shape index (κ1) is 22.0. The Morgan fingerprint density at radius 3 is 2.41 bits per heavy atom. The highest BCUT2D eigenvalue weighted by atomic mass is 35.5. The van der Waals surface area contributed by atoms with Gasteiger partial charge in [-0.25, -0.2) is 8.42 Å². The number of sulfonamides is 1. The fourth-order valence-corrected chi connectivity index (χ4v) is 5.26. The number of anilines is 1. The van der Waals surface area contributed by atoms with Crippen LogP contribution >= 0.6 is 23.4 Å². The van der Waals surface area contributed by atoms with Crippen molar-refractivity contribution in [2.75, 3.05) is 24.1 Å². The van der Waals surface area contributed by atoms with E-state index in [2.05, 4.69) is 4.72 Å². The van der Waals surface area contributed by atoms with Crippen LogP contribution in [0.1, 0.15) is 41.6 Å². The summed E-state index contributed by atoms with van der Waals surface area (Å²) in [5.74, 6) is -0.104. The minimum atomic E-state index is -3.86. The van der Waals surface area contributed by atoms with Gasteiger partial charge in [-0.15, -0.1) is 11.8 Å². The second-order valence-electron chi connectivity index (χ2n) is 7.13. The number of carbonyl (C=O) groups is 1. The molecule has 0 bridgehead atoms. The van der Waals surface area contributed by atoms with Crippen molar-refractivity contribution in [1.82, 2.24) is 4.90 Å². The molecule has 0 saturated carbocycles. The molecular weight excluding hydrogens is 428 g/mol. The standard InChI is InChI=1S/C21H25ClN2O3S2/c1-15-7-8-16(22)13-19(15)23-29(26,27)17-9-10-20(28-2)18(14-17)21(25)24-11-5-3-4-6-12-24/h7-10,13-14,23H,3-6,11-12H2,1-2H3. The topological polar surface area (TPSA) is 66.5 Å². The number of carbonyl (C=O) groups excluding carboxylic acids is 1. The highest BCUT2D eigenvalue weighted by molar-refractivity contribution is 7.98. The maximum absolute atomic E-state index is 13.1.